The zero-order chi connectivity index (χ0) is 20.4. The number of para-hydroxylation sites is 1. The van der Waals surface area contributed by atoms with Crippen molar-refractivity contribution < 1.29 is 8.42 Å². The largest absolute Gasteiger partial charge is 0.341 e. The molecule has 2 aromatic rings. The van der Waals surface area contributed by atoms with Crippen LogP contribution in [0.3, 0.4) is 0 Å². The minimum Gasteiger partial charge on any atom is -0.341 e. The molecule has 0 atom stereocenters. The first-order chi connectivity index (χ1) is 13.9. The highest BCUT2D eigenvalue weighted by molar-refractivity contribution is 7.87. The third kappa shape index (κ3) is 4.83. The van der Waals surface area contributed by atoms with E-state index in [1.165, 1.54) is 35.0 Å². The van der Waals surface area contributed by atoms with Crippen LogP contribution in [-0.4, -0.2) is 62.6 Å². The van der Waals surface area contributed by atoms with Crippen molar-refractivity contribution in [3.8, 4) is 0 Å². The monoisotopic (exact) mass is 419 g/mol. The first kappa shape index (κ1) is 20.8. The van der Waals surface area contributed by atoms with Gasteiger partial charge in [0.1, 0.15) is 0 Å². The van der Waals surface area contributed by atoms with Crippen LogP contribution in [0.15, 0.2) is 24.3 Å². The highest BCUT2D eigenvalue weighted by atomic mass is 32.2. The lowest BCUT2D eigenvalue weighted by Crippen LogP contribution is -2.34. The van der Waals surface area contributed by atoms with Gasteiger partial charge in [-0.1, -0.05) is 18.2 Å². The molecule has 0 amide bonds. The quantitative estimate of drug-likeness (QED) is 0.717. The lowest BCUT2D eigenvalue weighted by Gasteiger charge is -2.32. The lowest BCUT2D eigenvalue weighted by molar-refractivity contribution is 0.221. The molecule has 1 aromatic heterocycles. The van der Waals surface area contributed by atoms with E-state index in [2.05, 4.69) is 50.4 Å². The van der Waals surface area contributed by atoms with Gasteiger partial charge < -0.3 is 9.47 Å². The maximum Gasteiger partial charge on any atom is 0.274 e. The zero-order valence-corrected chi connectivity index (χ0v) is 18.1. The van der Waals surface area contributed by atoms with E-state index in [1.807, 2.05) is 0 Å². The first-order valence-electron chi connectivity index (χ1n) is 10.7. The predicted octanol–water partition coefficient (Wildman–Crippen LogP) is 1.84. The number of nitrogens with two attached hydrogens (primary N) is 1. The maximum atomic E-state index is 11.4. The zero-order valence-electron chi connectivity index (χ0n) is 17.3. The summed E-state index contributed by atoms with van der Waals surface area (Å²) in [6.45, 7) is 5.73. The van der Waals surface area contributed by atoms with Gasteiger partial charge in [0.25, 0.3) is 10.2 Å². The molecule has 2 saturated heterocycles. The Morgan fingerprint density at radius 3 is 2.48 bits per heavy atom. The van der Waals surface area contributed by atoms with Crippen molar-refractivity contribution in [3.63, 3.8) is 0 Å². The van der Waals surface area contributed by atoms with Gasteiger partial charge in [-0.3, -0.25) is 4.90 Å². The molecule has 3 N–H and O–H groups in total. The lowest BCUT2D eigenvalue weighted by atomic mass is 10.0. The third-order valence-electron chi connectivity index (χ3n) is 6.43. The Labute approximate surface area is 174 Å². The fourth-order valence-electron chi connectivity index (χ4n) is 4.98. The van der Waals surface area contributed by atoms with Crippen LogP contribution in [0.25, 0.3) is 10.9 Å². The molecular formula is C21H33N5O2S. The number of benzene rings is 1. The van der Waals surface area contributed by atoms with Gasteiger partial charge in [-0.05, 0) is 70.5 Å². The number of likely N-dealkylation sites (tertiary alicyclic amines) is 2. The van der Waals surface area contributed by atoms with Crippen molar-refractivity contribution in [1.29, 1.82) is 0 Å². The van der Waals surface area contributed by atoms with Crippen LogP contribution in [0.1, 0.15) is 43.0 Å². The Morgan fingerprint density at radius 2 is 1.79 bits per heavy atom. The molecule has 3 heterocycles. The minimum absolute atomic E-state index is 0.328. The molecule has 0 spiro atoms. The number of piperidine rings is 1. The standard InChI is InChI=1S/C21H33N5O2S/c1-24-14-9-17(10-15-24)26-20-7-3-2-6-18(20)19(16-25-12-4-5-13-25)21(26)8-11-23-29(22,27)28/h2-3,6-7,17,23H,4-5,8-16H2,1H3,(H2,22,27,28). The third-order valence-corrected chi connectivity index (χ3v) is 7.03. The van der Waals surface area contributed by atoms with Crippen LogP contribution in [-0.2, 0) is 23.2 Å². The molecule has 2 aliphatic rings. The number of hydrogen-bond acceptors (Lipinski definition) is 4. The Morgan fingerprint density at radius 1 is 1.10 bits per heavy atom. The summed E-state index contributed by atoms with van der Waals surface area (Å²) in [6, 6.07) is 9.12. The highest BCUT2D eigenvalue weighted by Crippen LogP contribution is 2.35. The molecule has 1 aromatic carbocycles. The SMILES string of the molecule is CN1CCC(n2c(CCNS(N)(=O)=O)c(CN3CCCC3)c3ccccc32)CC1. The second-order valence-electron chi connectivity index (χ2n) is 8.52. The van der Waals surface area contributed by atoms with Gasteiger partial charge in [0.2, 0.25) is 0 Å². The average molecular weight is 420 g/mol. The smallest absolute Gasteiger partial charge is 0.274 e. The summed E-state index contributed by atoms with van der Waals surface area (Å²) in [5, 5.41) is 6.49. The van der Waals surface area contributed by atoms with Crippen molar-refractivity contribution in [2.45, 2.75) is 44.7 Å². The van der Waals surface area contributed by atoms with E-state index in [9.17, 15) is 8.42 Å². The molecular weight excluding hydrogens is 386 g/mol. The van der Waals surface area contributed by atoms with Crippen molar-refractivity contribution in [3.05, 3.63) is 35.5 Å². The Bertz CT molecular complexity index is 941. The van der Waals surface area contributed by atoms with Crippen LogP contribution in [0, 0.1) is 0 Å². The second-order valence-corrected chi connectivity index (χ2v) is 9.90. The Hall–Kier alpha value is -1.45. The van der Waals surface area contributed by atoms with Gasteiger partial charge in [0.05, 0.1) is 0 Å². The summed E-state index contributed by atoms with van der Waals surface area (Å²) >= 11 is 0. The van der Waals surface area contributed by atoms with Crippen LogP contribution in [0.4, 0.5) is 0 Å². The summed E-state index contributed by atoms with van der Waals surface area (Å²) < 4.78 is 27.9. The predicted molar refractivity (Wildman–Crippen MR) is 117 cm³/mol. The molecule has 4 rings (SSSR count). The van der Waals surface area contributed by atoms with Crippen LogP contribution < -0.4 is 9.86 Å². The molecule has 2 aliphatic heterocycles. The number of nitrogens with one attached hydrogen (secondary N) is 1. The number of aromatic nitrogens is 1. The van der Waals surface area contributed by atoms with Gasteiger partial charge in [-0.25, -0.2) is 9.86 Å². The van der Waals surface area contributed by atoms with Crippen LogP contribution in [0.2, 0.25) is 0 Å². The Balaban J connectivity index is 1.74. The molecule has 0 unspecified atom stereocenters. The van der Waals surface area contributed by atoms with E-state index < -0.39 is 10.2 Å². The van der Waals surface area contributed by atoms with Crippen molar-refractivity contribution in [2.75, 3.05) is 39.8 Å². The number of hydrogen-bond donors (Lipinski definition) is 2. The summed E-state index contributed by atoms with van der Waals surface area (Å²) in [6.07, 6.45) is 5.41. The van der Waals surface area contributed by atoms with Gasteiger partial charge in [0.15, 0.2) is 0 Å². The minimum atomic E-state index is -3.68. The number of nitrogens with zero attached hydrogens (tertiary/aromatic N) is 3. The molecule has 160 valence electrons. The molecule has 2 fully saturated rings. The van der Waals surface area contributed by atoms with E-state index in [-0.39, 0.29) is 0 Å². The summed E-state index contributed by atoms with van der Waals surface area (Å²) in [5.41, 5.74) is 3.91. The second kappa shape index (κ2) is 8.73. The highest BCUT2D eigenvalue weighted by Gasteiger charge is 2.26. The normalized spacial score (nSPS) is 20.1. The van der Waals surface area contributed by atoms with Gasteiger partial charge in [-0.15, -0.1) is 0 Å². The number of rotatable bonds is 7. The number of fused-ring (bicyclic) bond motifs is 1. The maximum absolute atomic E-state index is 11.4. The van der Waals surface area contributed by atoms with Crippen LogP contribution >= 0.6 is 0 Å². The van der Waals surface area contributed by atoms with Gasteiger partial charge >= 0.3 is 0 Å². The van der Waals surface area contributed by atoms with E-state index in [4.69, 9.17) is 5.14 Å². The van der Waals surface area contributed by atoms with E-state index in [0.29, 0.717) is 19.0 Å². The summed E-state index contributed by atoms with van der Waals surface area (Å²) in [7, 11) is -1.50. The fraction of sp³-hybridized carbons (Fsp3) is 0.619. The molecule has 0 aliphatic carbocycles. The topological polar surface area (TPSA) is 83.6 Å². The van der Waals surface area contributed by atoms with Crippen molar-refractivity contribution >= 4 is 21.1 Å². The van der Waals surface area contributed by atoms with E-state index >= 15 is 0 Å². The molecule has 0 bridgehead atoms. The molecule has 8 heteroatoms. The molecule has 7 nitrogen and oxygen atoms in total. The Kier molecular flexibility index (Phi) is 6.27. The first-order valence-corrected chi connectivity index (χ1v) is 12.3. The summed E-state index contributed by atoms with van der Waals surface area (Å²) in [4.78, 5) is 4.91. The van der Waals surface area contributed by atoms with Crippen molar-refractivity contribution in [2.24, 2.45) is 5.14 Å². The van der Waals surface area contributed by atoms with Crippen LogP contribution in [0.5, 0.6) is 0 Å². The molecule has 0 radical (unpaired) electrons. The summed E-state index contributed by atoms with van der Waals surface area (Å²) in [5.74, 6) is 0. The molecule has 0 saturated carbocycles. The fourth-order valence-corrected chi connectivity index (χ4v) is 5.37. The van der Waals surface area contributed by atoms with E-state index in [0.717, 1.165) is 45.6 Å². The van der Waals surface area contributed by atoms with Gasteiger partial charge in [0, 0.05) is 42.1 Å². The van der Waals surface area contributed by atoms with Gasteiger partial charge in [-0.2, -0.15) is 8.42 Å². The van der Waals surface area contributed by atoms with E-state index in [1.54, 1.807) is 0 Å². The average Bonchev–Trinajstić information content (AvgIpc) is 3.29. The van der Waals surface area contributed by atoms with Crippen molar-refractivity contribution in [1.82, 2.24) is 19.1 Å². The molecule has 29 heavy (non-hydrogen) atoms.